The van der Waals surface area contributed by atoms with Gasteiger partial charge in [-0.1, -0.05) is 0 Å². The van der Waals surface area contributed by atoms with Crippen LogP contribution < -0.4 is 0 Å². The van der Waals surface area contributed by atoms with E-state index in [9.17, 15) is 36.7 Å². The van der Waals surface area contributed by atoms with Gasteiger partial charge in [-0.2, -0.15) is 0 Å². The normalized spacial score (nSPS) is 17.8. The molecule has 0 aliphatic carbocycles. The largest absolute Gasteiger partial charge is 0.466 e. The van der Waals surface area contributed by atoms with Crippen LogP contribution in [0.4, 0.5) is 0 Å². The second-order valence-electron chi connectivity index (χ2n) is 21.4. The third kappa shape index (κ3) is 42.1. The second-order valence-corrected chi connectivity index (χ2v) is 47.7. The Bertz CT molecular complexity index is 1920. The van der Waals surface area contributed by atoms with Crippen molar-refractivity contribution < 1.29 is 105 Å². The maximum absolute atomic E-state index is 15.0. The van der Waals surface area contributed by atoms with E-state index in [0.717, 1.165) is 68.3 Å². The molecule has 23 nitrogen and oxygen atoms in total. The second kappa shape index (κ2) is 42.1. The summed E-state index contributed by atoms with van der Waals surface area (Å²) < 4.78 is 188. The van der Waals surface area contributed by atoms with E-state index < -0.39 is 140 Å². The van der Waals surface area contributed by atoms with Crippen molar-refractivity contribution in [2.24, 2.45) is 0 Å². The zero-order valence-corrected chi connectivity index (χ0v) is 64.8. The molecule has 0 aliphatic rings. The number of rotatable bonds is 51. The lowest BCUT2D eigenvalue weighted by Gasteiger charge is -2.29. The van der Waals surface area contributed by atoms with Gasteiger partial charge in [0.05, 0.1) is 105 Å². The smallest absolute Gasteiger partial charge is 0.389 e. The van der Waals surface area contributed by atoms with E-state index >= 15 is 0 Å². The van der Waals surface area contributed by atoms with Gasteiger partial charge in [-0.05, 0) is 234 Å². The van der Waals surface area contributed by atoms with Gasteiger partial charge in [0.15, 0.2) is 0 Å². The van der Waals surface area contributed by atoms with Crippen LogP contribution in [0.25, 0.3) is 0 Å². The fraction of sp³-hybridized carbons (Fsp3) is 0.979. The van der Waals surface area contributed by atoms with Gasteiger partial charge < -0.3 is 13.8 Å². The van der Waals surface area contributed by atoms with Crippen LogP contribution in [-0.4, -0.2) is 139 Å². The molecule has 504 valence electrons. The molecule has 0 saturated heterocycles. The highest BCUT2D eigenvalue weighted by Crippen LogP contribution is 2.70. The van der Waals surface area contributed by atoms with Gasteiger partial charge in [0.2, 0.25) is 0 Å². The van der Waals surface area contributed by atoms with Crippen molar-refractivity contribution in [3.8, 4) is 0 Å². The highest BCUT2D eigenvalue weighted by atomic mass is 32.7. The summed E-state index contributed by atoms with van der Waals surface area (Å²) in [6, 6.07) is 0. The van der Waals surface area contributed by atoms with Gasteiger partial charge in [-0.3, -0.25) is 63.6 Å². The van der Waals surface area contributed by atoms with Crippen molar-refractivity contribution in [2.75, 3.05) is 47.3 Å². The Morgan fingerprint density at radius 3 is 0.750 bits per heavy atom. The van der Waals surface area contributed by atoms with Crippen molar-refractivity contribution in [2.45, 2.75) is 258 Å². The van der Waals surface area contributed by atoms with E-state index in [4.69, 9.17) is 68.1 Å². The van der Waals surface area contributed by atoms with Crippen LogP contribution in [0, 0.1) is 0 Å². The van der Waals surface area contributed by atoms with Gasteiger partial charge >= 0.3 is 54.4 Å². The lowest BCUT2D eigenvalue weighted by atomic mass is 10.3. The molecule has 36 heteroatoms. The van der Waals surface area contributed by atoms with Gasteiger partial charge in [-0.15, -0.1) is 0 Å². The minimum Gasteiger partial charge on any atom is -0.466 e. The summed E-state index contributed by atoms with van der Waals surface area (Å²) in [7, 11) is -3.62. The predicted octanol–water partition coefficient (Wildman–Crippen LogP) is 19.4. The monoisotopic (exact) mass is 1460 g/mol. The minimum atomic E-state index is -4.30. The third-order valence-corrected chi connectivity index (χ3v) is 35.7. The van der Waals surface area contributed by atoms with E-state index in [1.807, 2.05) is 0 Å². The first-order chi connectivity index (χ1) is 38.4. The molecular weight excluding hydrogens is 1350 g/mol. The van der Waals surface area contributed by atoms with Crippen molar-refractivity contribution >= 4 is 123 Å². The SMILES string of the molecule is CCOC(=O)CCSP(=O)(OC(C)CSP(=O)(OC(C)CCP(=O)(OC(C)C)OC(C)C)OC(C)CSP(=O)(OC(C)C)OC(C)C)OC(C)CSP(=O)(OC(C)CSP(=O)(OC(C)C)OC(C)C)OC(C)CSP(=O)(OC(C)C)OC(C)C. The standard InChI is InChI=1S/C48H103O23P7S6/c1-24-57-48(49)26-28-79-76(54,67-43(19)32-83-77(55,66-42(18)25-27-72(50,58-34(2)3)59-35(4)5)69-45(21)29-80-73(51,60-36(6)7)61-37(8)9)68-44(20)33-84-78(56,70-46(22)30-81-74(52,62-38(10)11)63-39(12)13)71-47(23)31-82-75(53,64-40(14)15)65-41(16)17/h34-47H,24-33H2,1-23H3. The van der Waals surface area contributed by atoms with E-state index in [1.165, 1.54) is 0 Å². The van der Waals surface area contributed by atoms with E-state index in [1.54, 1.807) is 159 Å². The third-order valence-electron chi connectivity index (χ3n) is 8.64. The number of carbonyl (C=O) groups excluding carboxylic acids is 1. The maximum atomic E-state index is 15.0. The Labute approximate surface area is 528 Å². The predicted molar refractivity (Wildman–Crippen MR) is 352 cm³/mol. The van der Waals surface area contributed by atoms with Crippen LogP contribution in [0.3, 0.4) is 0 Å². The molecule has 0 aromatic heterocycles. The number of hydrogen-bond donors (Lipinski definition) is 0. The van der Waals surface area contributed by atoms with Crippen LogP contribution in [0.15, 0.2) is 0 Å². The van der Waals surface area contributed by atoms with Gasteiger partial charge in [0.25, 0.3) is 0 Å². The Morgan fingerprint density at radius 1 is 0.310 bits per heavy atom. The van der Waals surface area contributed by atoms with Crippen molar-refractivity contribution in [3.05, 3.63) is 0 Å². The number of ether oxygens (including phenoxy) is 1. The summed E-state index contributed by atoms with van der Waals surface area (Å²) >= 11 is 4.88. The lowest BCUT2D eigenvalue weighted by molar-refractivity contribution is -0.142. The molecule has 0 aromatic rings. The molecule has 0 radical (unpaired) electrons. The zero-order chi connectivity index (χ0) is 65.1. The van der Waals surface area contributed by atoms with E-state index in [0.29, 0.717) is 0 Å². The molecule has 0 saturated carbocycles. The first-order valence-electron chi connectivity index (χ1n) is 28.2. The molecule has 0 spiro atoms. The van der Waals surface area contributed by atoms with Gasteiger partial charge in [0.1, 0.15) is 0 Å². The fourth-order valence-electron chi connectivity index (χ4n) is 6.16. The van der Waals surface area contributed by atoms with Crippen LogP contribution >= 0.6 is 117 Å². The summed E-state index contributed by atoms with van der Waals surface area (Å²) in [6.07, 6.45) is -9.04. The fourth-order valence-corrected chi connectivity index (χ4v) is 33.7. The Balaban J connectivity index is 7.03. The molecule has 0 amide bonds. The Hall–Kier alpha value is 2.62. The van der Waals surface area contributed by atoms with E-state index in [-0.39, 0.29) is 60.1 Å². The average Bonchev–Trinajstić information content (AvgIpc) is 3.52. The summed E-state index contributed by atoms with van der Waals surface area (Å²) in [6.45, 7) is 15.1. The maximum Gasteiger partial charge on any atom is 0.389 e. The Kier molecular flexibility index (Phi) is 43.5. The molecule has 0 bridgehead atoms. The van der Waals surface area contributed by atoms with Gasteiger partial charge in [-0.25, -0.2) is 27.4 Å². The summed E-state index contributed by atoms with van der Waals surface area (Å²) in [4.78, 5) is 12.5. The molecule has 0 aliphatic heterocycles. The van der Waals surface area contributed by atoms with Crippen LogP contribution in [-0.2, 0) is 105 Å². The summed E-state index contributed by atoms with van der Waals surface area (Å²) in [5.74, 6) is -0.929. The molecule has 0 N–H and O–H groups in total. The summed E-state index contributed by atoms with van der Waals surface area (Å²) in [5.41, 5.74) is 0. The highest BCUT2D eigenvalue weighted by Gasteiger charge is 2.41. The highest BCUT2D eigenvalue weighted by molar-refractivity contribution is 8.57. The van der Waals surface area contributed by atoms with Crippen LogP contribution in [0.2, 0.25) is 0 Å². The average molecular weight is 1460 g/mol. The zero-order valence-electron chi connectivity index (χ0n) is 53.6. The minimum absolute atomic E-state index is 0.000505. The van der Waals surface area contributed by atoms with Crippen molar-refractivity contribution in [1.82, 2.24) is 0 Å². The first-order valence-corrected chi connectivity index (χ1v) is 48.7. The molecule has 8 atom stereocenters. The molecule has 8 unspecified atom stereocenters. The molecule has 0 rings (SSSR count). The van der Waals surface area contributed by atoms with Crippen LogP contribution in [0.1, 0.15) is 172 Å². The lowest BCUT2D eigenvalue weighted by Crippen LogP contribution is -2.19. The van der Waals surface area contributed by atoms with Gasteiger partial charge in [0, 0.05) is 34.5 Å². The number of esters is 1. The Morgan fingerprint density at radius 2 is 0.524 bits per heavy atom. The molecule has 84 heavy (non-hydrogen) atoms. The summed E-state index contributed by atoms with van der Waals surface area (Å²) in [5, 5.41) is 0. The quantitative estimate of drug-likeness (QED) is 0.0404. The molecule has 0 heterocycles. The number of carbonyl (C=O) groups is 1. The molecule has 0 aromatic carbocycles. The van der Waals surface area contributed by atoms with E-state index in [2.05, 4.69) is 0 Å². The van der Waals surface area contributed by atoms with Crippen molar-refractivity contribution in [1.29, 1.82) is 0 Å². The van der Waals surface area contributed by atoms with Crippen molar-refractivity contribution in [3.63, 3.8) is 0 Å². The topological polar surface area (TPSA) is 275 Å². The number of hydrogen-bond acceptors (Lipinski definition) is 29. The molecular formula is C48H103O23P7S6. The first kappa shape index (κ1) is 86.6. The van der Waals surface area contributed by atoms with Crippen LogP contribution in [0.5, 0.6) is 0 Å². The molecule has 0 fully saturated rings.